The van der Waals surface area contributed by atoms with E-state index in [2.05, 4.69) is 40.9 Å². The summed E-state index contributed by atoms with van der Waals surface area (Å²) in [4.78, 5) is -4.73. The van der Waals surface area contributed by atoms with Crippen molar-refractivity contribution in [3.63, 3.8) is 0 Å². The molecule has 0 saturated heterocycles. The van der Waals surface area contributed by atoms with Crippen LogP contribution < -0.4 is 11.5 Å². The first-order chi connectivity index (χ1) is 42.0. The van der Waals surface area contributed by atoms with Gasteiger partial charge in [0, 0.05) is 22.1 Å². The van der Waals surface area contributed by atoms with E-state index in [0.29, 0.717) is 21.5 Å². The van der Waals surface area contributed by atoms with Crippen LogP contribution in [0.4, 0.5) is 56.9 Å². The maximum Gasteiger partial charge on any atom is 0.296 e. The summed E-state index contributed by atoms with van der Waals surface area (Å²) in [6.45, 7) is 0. The van der Waals surface area contributed by atoms with Gasteiger partial charge >= 0.3 is 0 Å². The summed E-state index contributed by atoms with van der Waals surface area (Å²) < 4.78 is 210. The summed E-state index contributed by atoms with van der Waals surface area (Å²) >= 11 is 0. The topological polar surface area (TPSA) is 518 Å². The predicted molar refractivity (Wildman–Crippen MR) is 325 cm³/mol. The largest absolute Gasteiger partial charge is 0.505 e. The Bertz CT molecular complexity index is 5330. The second-order valence-corrected chi connectivity index (χ2v) is 27.6. The Labute approximate surface area is 507 Å². The minimum Gasteiger partial charge on any atom is -0.505 e. The Balaban J connectivity index is 0.948. The fraction of sp³-hybridized carbons (Fsp3) is 0. The van der Waals surface area contributed by atoms with E-state index in [0.717, 1.165) is 60.7 Å². The third kappa shape index (κ3) is 13.2. The number of aromatic hydroxyl groups is 2. The van der Waals surface area contributed by atoms with Gasteiger partial charge in [0.15, 0.2) is 11.5 Å². The van der Waals surface area contributed by atoms with E-state index in [1.807, 2.05) is 0 Å². The van der Waals surface area contributed by atoms with Crippen LogP contribution >= 0.6 is 0 Å². The Kier molecular flexibility index (Phi) is 16.3. The Morgan fingerprint density at radius 3 is 0.978 bits per heavy atom. The molecule has 10 aromatic carbocycles. The number of nitrogens with zero attached hydrogens (tertiary/aromatic N) is 8. The van der Waals surface area contributed by atoms with Crippen LogP contribution in [0.25, 0.3) is 55.2 Å². The van der Waals surface area contributed by atoms with E-state index in [4.69, 9.17) is 11.5 Å². The van der Waals surface area contributed by atoms with E-state index in [-0.39, 0.29) is 66.8 Å². The molecule has 0 aliphatic carbocycles. The highest BCUT2D eigenvalue weighted by Gasteiger charge is 2.27. The number of fused-ring (bicyclic) bond motifs is 4. The molecule has 0 saturated carbocycles. The highest BCUT2D eigenvalue weighted by atomic mass is 32.2. The summed E-state index contributed by atoms with van der Waals surface area (Å²) in [6.07, 6.45) is 1.93. The van der Waals surface area contributed by atoms with Crippen molar-refractivity contribution in [2.24, 2.45) is 40.9 Å². The number of hydrogen-bond acceptors (Lipinski definition) is 24. The highest BCUT2D eigenvalue weighted by Crippen LogP contribution is 2.49. The van der Waals surface area contributed by atoms with Gasteiger partial charge in [-0.1, -0.05) is 48.6 Å². The molecule has 36 heteroatoms. The van der Waals surface area contributed by atoms with E-state index in [1.54, 1.807) is 12.1 Å². The van der Waals surface area contributed by atoms with Gasteiger partial charge in [0.25, 0.3) is 60.7 Å². The van der Waals surface area contributed by atoms with Crippen molar-refractivity contribution in [1.29, 1.82) is 0 Å². The maximum absolute atomic E-state index is 12.8. The minimum atomic E-state index is -5.31. The van der Waals surface area contributed by atoms with Crippen molar-refractivity contribution in [1.82, 2.24) is 0 Å². The number of nitrogens with two attached hydrogens (primary N) is 2. The molecule has 0 atom stereocenters. The van der Waals surface area contributed by atoms with Crippen LogP contribution in [0.15, 0.2) is 216 Å². The van der Waals surface area contributed by atoms with Crippen molar-refractivity contribution >= 4 is 173 Å². The average Bonchev–Trinajstić information content (AvgIpc) is 0.765. The zero-order valence-corrected chi connectivity index (χ0v) is 49.6. The SMILES string of the molecule is Nc1ccc(N=Nc2ccc3ccc(S(=O)(=O)O)cc3c2)c2cc(S(=O)(=O)O)c(N=Nc3ccc(/C=C/c4ccc(N=Nc5c(S(=O)(=O)O)cc6c(N=Nc7ccc8ccc(S(=O)(=O)O)cc8c7)ccc(N)c6c5O)cc4S(=O)(=O)O)c(S(=O)(=O)O)c3)c(O)c12. The third-order valence-electron chi connectivity index (χ3n) is 13.3. The van der Waals surface area contributed by atoms with Crippen molar-refractivity contribution in [3.05, 3.63) is 157 Å². The Morgan fingerprint density at radius 2 is 0.633 bits per heavy atom. The van der Waals surface area contributed by atoms with Crippen LogP contribution in [-0.2, 0) is 60.7 Å². The summed E-state index contributed by atoms with van der Waals surface area (Å²) in [5, 5.41) is 55.7. The molecule has 30 nitrogen and oxygen atoms in total. The number of azo groups is 4. The second-order valence-electron chi connectivity index (χ2n) is 19.2. The van der Waals surface area contributed by atoms with Gasteiger partial charge in [-0.25, -0.2) is 0 Å². The molecule has 0 spiro atoms. The van der Waals surface area contributed by atoms with E-state index in [1.165, 1.54) is 84.9 Å². The molecule has 0 heterocycles. The van der Waals surface area contributed by atoms with Crippen molar-refractivity contribution in [2.75, 3.05) is 11.5 Å². The van der Waals surface area contributed by atoms with Gasteiger partial charge < -0.3 is 21.7 Å². The van der Waals surface area contributed by atoms with Gasteiger partial charge in [-0.05, 0) is 142 Å². The molecule has 0 radical (unpaired) electrons. The second kappa shape index (κ2) is 23.2. The molecule has 0 bridgehead atoms. The van der Waals surface area contributed by atoms with E-state index in [9.17, 15) is 88.0 Å². The zero-order valence-electron chi connectivity index (χ0n) is 44.7. The third-order valence-corrected chi connectivity index (χ3v) is 18.5. The van der Waals surface area contributed by atoms with Gasteiger partial charge in [-0.2, -0.15) is 71.0 Å². The number of phenolic OH excluding ortho intramolecular Hbond substituents is 2. The molecule has 0 aliphatic heterocycles. The first-order valence-electron chi connectivity index (χ1n) is 24.7. The van der Waals surface area contributed by atoms with Gasteiger partial charge in [-0.15, -0.1) is 20.5 Å². The monoisotopic (exact) mass is 1340 g/mol. The molecule has 0 aliphatic rings. The number of nitrogen functional groups attached to an aromatic ring is 2. The fourth-order valence-electron chi connectivity index (χ4n) is 9.08. The van der Waals surface area contributed by atoms with Crippen LogP contribution in [0, 0.1) is 0 Å². The van der Waals surface area contributed by atoms with Crippen LogP contribution in [0.1, 0.15) is 11.1 Å². The van der Waals surface area contributed by atoms with Crippen molar-refractivity contribution in [2.45, 2.75) is 29.4 Å². The van der Waals surface area contributed by atoms with E-state index < -0.39 is 124 Å². The van der Waals surface area contributed by atoms with Gasteiger partial charge in [-0.3, -0.25) is 27.3 Å². The molecule has 460 valence electrons. The molecule has 0 aromatic heterocycles. The van der Waals surface area contributed by atoms with E-state index >= 15 is 0 Å². The minimum absolute atomic E-state index is 0.118. The molecule has 10 aromatic rings. The molecular formula is C54H38N10O20S6. The molecule has 0 fully saturated rings. The van der Waals surface area contributed by atoms with Gasteiger partial charge in [0.05, 0.1) is 54.7 Å². The lowest BCUT2D eigenvalue weighted by Crippen LogP contribution is -2.02. The average molecular weight is 1340 g/mol. The Hall–Kier alpha value is -9.96. The standard InChI is InChI=1S/C54H38N10O20S6/c55-41-15-17-43(61-57-33-9-3-27-7-13-37(85(67,68)69)21-31(27)19-33)39-25-47(89(79,80)81)51(53(65)49(39)41)63-59-35-11-5-29(45(23-35)87(73,74)75)1-2-30-6-12-36(24-46(30)88(76,77)78)60-64-52-48(90(82,83)84)26-40-44(18-16-42(56)50(40)54(52)66)62-58-34-10-4-28-8-14-38(86(70,71)72)22-32(28)20-34/h1-26,65-66H,55-56H2,(H,67,68,69)(H,70,71,72)(H,73,74,75)(H,76,77,78)(H,79,80,81)(H,82,83,84)/b2-1+,61-57?,62-58?,63-59?,64-60?. The van der Waals surface area contributed by atoms with Crippen LogP contribution in [0.2, 0.25) is 0 Å². The molecule has 0 amide bonds. The lowest BCUT2D eigenvalue weighted by atomic mass is 10.0. The van der Waals surface area contributed by atoms with Crippen LogP contribution in [-0.4, -0.2) is 88.0 Å². The number of hydrogen-bond donors (Lipinski definition) is 10. The predicted octanol–water partition coefficient (Wildman–Crippen LogP) is 12.2. The first kappa shape index (κ1) is 63.1. The van der Waals surface area contributed by atoms with Crippen LogP contribution in [0.3, 0.4) is 0 Å². The van der Waals surface area contributed by atoms with Crippen LogP contribution in [0.5, 0.6) is 11.5 Å². The fourth-order valence-corrected chi connectivity index (χ4v) is 12.8. The van der Waals surface area contributed by atoms with Gasteiger partial charge in [0.1, 0.15) is 31.0 Å². The molecule has 90 heavy (non-hydrogen) atoms. The lowest BCUT2D eigenvalue weighted by Gasteiger charge is -2.12. The first-order valence-corrected chi connectivity index (χ1v) is 33.4. The number of benzene rings is 10. The number of phenols is 2. The van der Waals surface area contributed by atoms with Crippen molar-refractivity contribution < 1.29 is 88.0 Å². The molecule has 0 unspecified atom stereocenters. The summed E-state index contributed by atoms with van der Waals surface area (Å²) in [5.74, 6) is -1.95. The molecule has 12 N–H and O–H groups in total. The zero-order chi connectivity index (χ0) is 65.2. The smallest absolute Gasteiger partial charge is 0.296 e. The maximum atomic E-state index is 12.8. The number of anilines is 2. The lowest BCUT2D eigenvalue weighted by molar-refractivity contribution is 0.472. The normalized spacial score (nSPS) is 13.3. The summed E-state index contributed by atoms with van der Waals surface area (Å²) in [5.41, 5.74) is 8.67. The molecular weight excluding hydrogens is 1300 g/mol. The quantitative estimate of drug-likeness (QED) is 0.0186. The summed E-state index contributed by atoms with van der Waals surface area (Å²) in [6, 6.07) is 29.0. The van der Waals surface area contributed by atoms with Gasteiger partial charge in [0.2, 0.25) is 0 Å². The summed E-state index contributed by atoms with van der Waals surface area (Å²) in [7, 11) is -30.2. The molecule has 10 rings (SSSR count). The van der Waals surface area contributed by atoms with Crippen molar-refractivity contribution in [3.8, 4) is 11.5 Å². The Morgan fingerprint density at radius 1 is 0.311 bits per heavy atom. The number of rotatable bonds is 16. The highest BCUT2D eigenvalue weighted by molar-refractivity contribution is 7.87.